The fourth-order valence-electron chi connectivity index (χ4n) is 1.82. The zero-order valence-corrected chi connectivity index (χ0v) is 13.8. The zero-order valence-electron chi connectivity index (χ0n) is 12.0. The van der Waals surface area contributed by atoms with Gasteiger partial charge < -0.3 is 0 Å². The molecule has 1 nitrogen and oxygen atoms in total. The van der Waals surface area contributed by atoms with Gasteiger partial charge in [-0.3, -0.25) is 4.99 Å². The van der Waals surface area contributed by atoms with Crippen molar-refractivity contribution in [3.8, 4) is 0 Å². The molecule has 0 fully saturated rings. The van der Waals surface area contributed by atoms with Crippen LogP contribution in [0, 0.1) is 0 Å². The SMILES string of the molecule is CCCC(C/N=C/c1ccccc1)S[Si](C)(C)C. The van der Waals surface area contributed by atoms with Crippen LogP contribution in [0.5, 0.6) is 0 Å². The molecular formula is C15H25NSSi. The van der Waals surface area contributed by atoms with E-state index in [9.17, 15) is 0 Å². The predicted octanol–water partition coefficient (Wildman–Crippen LogP) is 4.84. The lowest BCUT2D eigenvalue weighted by molar-refractivity contribution is 0.748. The smallest absolute Gasteiger partial charge is 0.108 e. The predicted molar refractivity (Wildman–Crippen MR) is 88.5 cm³/mol. The van der Waals surface area contributed by atoms with Gasteiger partial charge in [-0.25, -0.2) is 0 Å². The highest BCUT2D eigenvalue weighted by Gasteiger charge is 2.19. The molecule has 0 saturated carbocycles. The summed E-state index contributed by atoms with van der Waals surface area (Å²) in [5, 5.41) is 0.696. The standard InChI is InChI=1S/C15H25NSSi/c1-5-9-15(17-18(2,3)4)13-16-12-14-10-7-6-8-11-14/h6-8,10-12,15H,5,9,13H2,1-4H3/b16-12+. The lowest BCUT2D eigenvalue weighted by atomic mass is 10.2. The van der Waals surface area contributed by atoms with E-state index in [0.717, 1.165) is 6.54 Å². The van der Waals surface area contributed by atoms with E-state index in [2.05, 4.69) is 67.0 Å². The fourth-order valence-corrected chi connectivity index (χ4v) is 6.92. The van der Waals surface area contributed by atoms with E-state index in [-0.39, 0.29) is 0 Å². The van der Waals surface area contributed by atoms with Gasteiger partial charge in [0.05, 0.1) is 6.54 Å². The van der Waals surface area contributed by atoms with E-state index >= 15 is 0 Å². The van der Waals surface area contributed by atoms with Crippen LogP contribution in [0.25, 0.3) is 0 Å². The summed E-state index contributed by atoms with van der Waals surface area (Å²) in [5.41, 5.74) is 1.20. The van der Waals surface area contributed by atoms with Crippen LogP contribution in [-0.2, 0) is 0 Å². The summed E-state index contributed by atoms with van der Waals surface area (Å²) in [7, 11) is -1.04. The first kappa shape index (κ1) is 15.5. The highest BCUT2D eigenvalue weighted by molar-refractivity contribution is 8.29. The number of rotatable bonds is 7. The van der Waals surface area contributed by atoms with Crippen LogP contribution in [0.2, 0.25) is 19.6 Å². The Morgan fingerprint density at radius 1 is 1.22 bits per heavy atom. The Morgan fingerprint density at radius 2 is 1.89 bits per heavy atom. The first-order valence-corrected chi connectivity index (χ1v) is 11.8. The Morgan fingerprint density at radius 3 is 2.44 bits per heavy atom. The second-order valence-corrected chi connectivity index (χ2v) is 15.1. The quantitative estimate of drug-likeness (QED) is 0.514. The molecule has 0 amide bonds. The molecule has 1 aromatic rings. The largest absolute Gasteiger partial charge is 0.291 e. The van der Waals surface area contributed by atoms with Gasteiger partial charge in [0, 0.05) is 11.5 Å². The molecule has 1 unspecified atom stereocenters. The van der Waals surface area contributed by atoms with Gasteiger partial charge in [-0.05, 0) is 12.0 Å². The Labute approximate surface area is 117 Å². The summed E-state index contributed by atoms with van der Waals surface area (Å²) < 4.78 is 0. The lowest BCUT2D eigenvalue weighted by Gasteiger charge is -2.22. The number of hydrogen-bond acceptors (Lipinski definition) is 2. The number of benzene rings is 1. The van der Waals surface area contributed by atoms with E-state index in [1.807, 2.05) is 12.3 Å². The van der Waals surface area contributed by atoms with Crippen LogP contribution in [0.4, 0.5) is 0 Å². The van der Waals surface area contributed by atoms with Crippen LogP contribution in [0.1, 0.15) is 25.3 Å². The molecule has 0 aliphatic heterocycles. The first-order chi connectivity index (χ1) is 8.51. The van der Waals surface area contributed by atoms with Gasteiger partial charge in [0.15, 0.2) is 0 Å². The van der Waals surface area contributed by atoms with Crippen LogP contribution >= 0.6 is 11.2 Å². The second kappa shape index (κ2) is 7.80. The number of nitrogens with zero attached hydrogens (tertiary/aromatic N) is 1. The molecule has 1 rings (SSSR count). The number of hydrogen-bond donors (Lipinski definition) is 0. The minimum absolute atomic E-state index is 0.696. The van der Waals surface area contributed by atoms with Crippen molar-refractivity contribution < 1.29 is 0 Å². The van der Waals surface area contributed by atoms with Crippen molar-refractivity contribution in [2.45, 2.75) is 44.7 Å². The lowest BCUT2D eigenvalue weighted by Crippen LogP contribution is -2.22. The van der Waals surface area contributed by atoms with E-state index in [4.69, 9.17) is 0 Å². The fraction of sp³-hybridized carbons (Fsp3) is 0.533. The highest BCUT2D eigenvalue weighted by Crippen LogP contribution is 2.27. The normalized spacial score (nSPS) is 14.0. The van der Waals surface area contributed by atoms with Crippen molar-refractivity contribution in [3.63, 3.8) is 0 Å². The molecule has 0 N–H and O–H groups in total. The van der Waals surface area contributed by atoms with Crippen molar-refractivity contribution in [2.75, 3.05) is 6.54 Å². The summed E-state index contributed by atoms with van der Waals surface area (Å²) in [6.45, 7) is 10.5. The van der Waals surface area contributed by atoms with Crippen LogP contribution in [-0.4, -0.2) is 25.2 Å². The van der Waals surface area contributed by atoms with Crippen LogP contribution < -0.4 is 0 Å². The van der Waals surface area contributed by atoms with Gasteiger partial charge in [-0.1, -0.05) is 63.3 Å². The van der Waals surface area contributed by atoms with E-state index in [1.165, 1.54) is 18.4 Å². The maximum Gasteiger partial charge on any atom is 0.108 e. The molecule has 0 spiro atoms. The summed E-state index contributed by atoms with van der Waals surface area (Å²) in [4.78, 5) is 4.62. The van der Waals surface area contributed by atoms with Gasteiger partial charge in [0.1, 0.15) is 7.22 Å². The summed E-state index contributed by atoms with van der Waals surface area (Å²) in [5.74, 6) is 0. The molecule has 18 heavy (non-hydrogen) atoms. The zero-order chi connectivity index (χ0) is 13.4. The van der Waals surface area contributed by atoms with E-state index < -0.39 is 7.22 Å². The molecule has 0 aromatic heterocycles. The molecule has 0 aliphatic rings. The Hall–Kier alpha value is -0.543. The van der Waals surface area contributed by atoms with Gasteiger partial charge in [0.2, 0.25) is 0 Å². The van der Waals surface area contributed by atoms with E-state index in [0.29, 0.717) is 5.25 Å². The Bertz CT molecular complexity index is 357. The molecular weight excluding hydrogens is 254 g/mol. The molecule has 0 radical (unpaired) electrons. The number of aliphatic imine (C=N–C) groups is 1. The van der Waals surface area contributed by atoms with Gasteiger partial charge >= 0.3 is 0 Å². The molecule has 1 atom stereocenters. The second-order valence-electron chi connectivity index (χ2n) is 5.55. The summed E-state index contributed by atoms with van der Waals surface area (Å²) in [6.07, 6.45) is 4.54. The van der Waals surface area contributed by atoms with Crippen LogP contribution in [0.15, 0.2) is 35.3 Å². The van der Waals surface area contributed by atoms with Gasteiger partial charge in [-0.2, -0.15) is 11.2 Å². The third kappa shape index (κ3) is 7.02. The van der Waals surface area contributed by atoms with Crippen molar-refractivity contribution in [2.24, 2.45) is 4.99 Å². The monoisotopic (exact) mass is 279 g/mol. The molecule has 3 heteroatoms. The third-order valence-corrected chi connectivity index (χ3v) is 7.03. The average Bonchev–Trinajstić information content (AvgIpc) is 2.28. The Balaban J connectivity index is 2.49. The van der Waals surface area contributed by atoms with Crippen molar-refractivity contribution in [1.29, 1.82) is 0 Å². The highest BCUT2D eigenvalue weighted by atomic mass is 32.4. The van der Waals surface area contributed by atoms with Crippen LogP contribution in [0.3, 0.4) is 0 Å². The summed E-state index contributed by atoms with van der Waals surface area (Å²) in [6, 6.07) is 10.4. The molecule has 0 aliphatic carbocycles. The van der Waals surface area contributed by atoms with Gasteiger partial charge in [-0.15, -0.1) is 0 Å². The molecule has 100 valence electrons. The van der Waals surface area contributed by atoms with Crippen molar-refractivity contribution >= 4 is 24.6 Å². The molecule has 0 saturated heterocycles. The van der Waals surface area contributed by atoms with Crippen molar-refractivity contribution in [3.05, 3.63) is 35.9 Å². The molecule has 0 heterocycles. The Kier molecular flexibility index (Phi) is 6.72. The molecule has 1 aromatic carbocycles. The minimum Gasteiger partial charge on any atom is -0.291 e. The van der Waals surface area contributed by atoms with Gasteiger partial charge in [0.25, 0.3) is 0 Å². The third-order valence-electron chi connectivity index (χ3n) is 2.48. The average molecular weight is 280 g/mol. The van der Waals surface area contributed by atoms with E-state index in [1.54, 1.807) is 0 Å². The molecule has 0 bridgehead atoms. The minimum atomic E-state index is -1.04. The first-order valence-electron chi connectivity index (χ1n) is 6.74. The maximum atomic E-state index is 4.62. The maximum absolute atomic E-state index is 4.62. The summed E-state index contributed by atoms with van der Waals surface area (Å²) >= 11 is 2.19. The topological polar surface area (TPSA) is 12.4 Å². The van der Waals surface area contributed by atoms with Crippen molar-refractivity contribution in [1.82, 2.24) is 0 Å².